The first-order valence-electron chi connectivity index (χ1n) is 5.88. The average Bonchev–Trinajstić information content (AvgIpc) is 2.26. The SMILES string of the molecule is CC(C)NCCCS(=O)(=O)N1CC=CCC1. The van der Waals surface area contributed by atoms with Crippen molar-refractivity contribution in [3.8, 4) is 0 Å². The van der Waals surface area contributed by atoms with Gasteiger partial charge in [0.1, 0.15) is 0 Å². The Morgan fingerprint density at radius 3 is 2.69 bits per heavy atom. The zero-order chi connectivity index (χ0) is 12.0. The molecule has 1 aliphatic heterocycles. The second-order valence-electron chi connectivity index (χ2n) is 4.40. The van der Waals surface area contributed by atoms with Gasteiger partial charge in [-0.3, -0.25) is 0 Å². The summed E-state index contributed by atoms with van der Waals surface area (Å²) in [6, 6.07) is 0.417. The smallest absolute Gasteiger partial charge is 0.214 e. The number of nitrogens with zero attached hydrogens (tertiary/aromatic N) is 1. The van der Waals surface area contributed by atoms with Crippen LogP contribution in [0.25, 0.3) is 0 Å². The van der Waals surface area contributed by atoms with Crippen LogP contribution in [0.4, 0.5) is 0 Å². The molecule has 0 aromatic heterocycles. The molecule has 0 fully saturated rings. The molecule has 0 spiro atoms. The minimum absolute atomic E-state index is 0.251. The third kappa shape index (κ3) is 4.63. The molecular formula is C11H22N2O2S. The van der Waals surface area contributed by atoms with Crippen LogP contribution in [0.2, 0.25) is 0 Å². The largest absolute Gasteiger partial charge is 0.314 e. The number of rotatable bonds is 6. The Hall–Kier alpha value is -0.390. The molecule has 1 N–H and O–H groups in total. The first kappa shape index (κ1) is 13.7. The van der Waals surface area contributed by atoms with Crippen molar-refractivity contribution in [3.63, 3.8) is 0 Å². The Labute approximate surface area is 98.8 Å². The van der Waals surface area contributed by atoms with E-state index >= 15 is 0 Å². The Bertz CT molecular complexity index is 323. The highest BCUT2D eigenvalue weighted by Crippen LogP contribution is 2.08. The molecule has 94 valence electrons. The van der Waals surface area contributed by atoms with Crippen molar-refractivity contribution in [3.05, 3.63) is 12.2 Å². The number of hydrogen-bond donors (Lipinski definition) is 1. The molecule has 0 aromatic carbocycles. The summed E-state index contributed by atoms with van der Waals surface area (Å²) in [6.45, 7) is 6.06. The van der Waals surface area contributed by atoms with Crippen LogP contribution in [0.3, 0.4) is 0 Å². The fourth-order valence-corrected chi connectivity index (χ4v) is 3.11. The van der Waals surface area contributed by atoms with Crippen molar-refractivity contribution in [2.75, 3.05) is 25.4 Å². The highest BCUT2D eigenvalue weighted by atomic mass is 32.2. The molecule has 0 aliphatic carbocycles. The molecule has 0 bridgehead atoms. The van der Waals surface area contributed by atoms with Crippen LogP contribution in [0.1, 0.15) is 26.7 Å². The van der Waals surface area contributed by atoms with Crippen molar-refractivity contribution in [2.24, 2.45) is 0 Å². The van der Waals surface area contributed by atoms with E-state index in [9.17, 15) is 8.42 Å². The molecule has 1 aliphatic rings. The van der Waals surface area contributed by atoms with Crippen LogP contribution in [-0.4, -0.2) is 44.2 Å². The highest BCUT2D eigenvalue weighted by molar-refractivity contribution is 7.89. The molecule has 0 unspecified atom stereocenters. The Kier molecular flexibility index (Phi) is 5.44. The van der Waals surface area contributed by atoms with E-state index in [0.717, 1.165) is 13.0 Å². The van der Waals surface area contributed by atoms with Gasteiger partial charge in [-0.05, 0) is 19.4 Å². The summed E-state index contributed by atoms with van der Waals surface area (Å²) in [5, 5.41) is 3.22. The molecule has 0 atom stereocenters. The lowest BCUT2D eigenvalue weighted by atomic mass is 10.3. The van der Waals surface area contributed by atoms with Gasteiger partial charge < -0.3 is 5.32 Å². The quantitative estimate of drug-likeness (QED) is 0.561. The minimum Gasteiger partial charge on any atom is -0.314 e. The average molecular weight is 246 g/mol. The van der Waals surface area contributed by atoms with Crippen LogP contribution in [-0.2, 0) is 10.0 Å². The maximum Gasteiger partial charge on any atom is 0.214 e. The molecule has 4 nitrogen and oxygen atoms in total. The lowest BCUT2D eigenvalue weighted by Crippen LogP contribution is -2.36. The van der Waals surface area contributed by atoms with Gasteiger partial charge in [-0.1, -0.05) is 26.0 Å². The van der Waals surface area contributed by atoms with E-state index in [1.807, 2.05) is 12.2 Å². The minimum atomic E-state index is -3.04. The molecule has 0 radical (unpaired) electrons. The third-order valence-corrected chi connectivity index (χ3v) is 4.47. The summed E-state index contributed by atoms with van der Waals surface area (Å²) in [6.07, 6.45) is 5.48. The highest BCUT2D eigenvalue weighted by Gasteiger charge is 2.21. The van der Waals surface area contributed by atoms with E-state index < -0.39 is 10.0 Å². The predicted octanol–water partition coefficient (Wildman–Crippen LogP) is 0.966. The van der Waals surface area contributed by atoms with Crippen molar-refractivity contribution in [1.29, 1.82) is 0 Å². The second-order valence-corrected chi connectivity index (χ2v) is 6.48. The zero-order valence-corrected chi connectivity index (χ0v) is 11.0. The van der Waals surface area contributed by atoms with Gasteiger partial charge in [0.15, 0.2) is 0 Å². The van der Waals surface area contributed by atoms with Crippen molar-refractivity contribution in [2.45, 2.75) is 32.7 Å². The summed E-state index contributed by atoms with van der Waals surface area (Å²) in [4.78, 5) is 0. The van der Waals surface area contributed by atoms with E-state index in [4.69, 9.17) is 0 Å². The molecule has 1 heterocycles. The number of sulfonamides is 1. The van der Waals surface area contributed by atoms with Gasteiger partial charge in [-0.25, -0.2) is 8.42 Å². The predicted molar refractivity (Wildman–Crippen MR) is 66.9 cm³/mol. The number of hydrogen-bond acceptors (Lipinski definition) is 3. The van der Waals surface area contributed by atoms with Gasteiger partial charge in [0, 0.05) is 19.1 Å². The Balaban J connectivity index is 2.31. The van der Waals surface area contributed by atoms with Crippen LogP contribution < -0.4 is 5.32 Å². The van der Waals surface area contributed by atoms with Gasteiger partial charge >= 0.3 is 0 Å². The van der Waals surface area contributed by atoms with Gasteiger partial charge in [-0.15, -0.1) is 0 Å². The van der Waals surface area contributed by atoms with Crippen molar-refractivity contribution in [1.82, 2.24) is 9.62 Å². The topological polar surface area (TPSA) is 49.4 Å². The van der Waals surface area contributed by atoms with E-state index in [0.29, 0.717) is 25.6 Å². The zero-order valence-electron chi connectivity index (χ0n) is 10.1. The second kappa shape index (κ2) is 6.37. The molecule has 5 heteroatoms. The molecule has 0 saturated heterocycles. The van der Waals surface area contributed by atoms with Crippen molar-refractivity contribution < 1.29 is 8.42 Å². The Morgan fingerprint density at radius 2 is 2.12 bits per heavy atom. The summed E-state index contributed by atoms with van der Waals surface area (Å²) < 4.78 is 25.4. The summed E-state index contributed by atoms with van der Waals surface area (Å²) in [7, 11) is -3.04. The van der Waals surface area contributed by atoms with Crippen molar-refractivity contribution >= 4 is 10.0 Å². The number of nitrogens with one attached hydrogen (secondary N) is 1. The normalized spacial score (nSPS) is 18.2. The summed E-state index contributed by atoms with van der Waals surface area (Å²) in [5.74, 6) is 0.251. The van der Waals surface area contributed by atoms with Crippen LogP contribution in [0, 0.1) is 0 Å². The van der Waals surface area contributed by atoms with Gasteiger partial charge in [0.25, 0.3) is 0 Å². The maximum atomic E-state index is 11.9. The first-order chi connectivity index (χ1) is 7.52. The van der Waals surface area contributed by atoms with Gasteiger partial charge in [0.2, 0.25) is 10.0 Å². The Morgan fingerprint density at radius 1 is 1.38 bits per heavy atom. The standard InChI is InChI=1S/C11H22N2O2S/c1-11(2)12-7-6-10-16(14,15)13-8-4-3-5-9-13/h3-4,11-12H,5-10H2,1-2H3. The fourth-order valence-electron chi connectivity index (χ4n) is 1.65. The monoisotopic (exact) mass is 246 g/mol. The third-order valence-electron chi connectivity index (χ3n) is 2.55. The van der Waals surface area contributed by atoms with E-state index in [2.05, 4.69) is 19.2 Å². The molecular weight excluding hydrogens is 224 g/mol. The molecule has 0 amide bonds. The lowest BCUT2D eigenvalue weighted by molar-refractivity contribution is 0.435. The molecule has 0 aromatic rings. The van der Waals surface area contributed by atoms with Gasteiger partial charge in [0.05, 0.1) is 5.75 Å². The molecule has 0 saturated carbocycles. The fraction of sp³-hybridized carbons (Fsp3) is 0.818. The lowest BCUT2D eigenvalue weighted by Gasteiger charge is -2.22. The summed E-state index contributed by atoms with van der Waals surface area (Å²) >= 11 is 0. The van der Waals surface area contributed by atoms with Crippen LogP contribution in [0.5, 0.6) is 0 Å². The molecule has 1 rings (SSSR count). The molecule has 16 heavy (non-hydrogen) atoms. The van der Waals surface area contributed by atoms with Gasteiger partial charge in [-0.2, -0.15) is 4.31 Å². The van der Waals surface area contributed by atoms with Crippen LogP contribution >= 0.6 is 0 Å². The maximum absolute atomic E-state index is 11.9. The van der Waals surface area contributed by atoms with E-state index in [-0.39, 0.29) is 5.75 Å². The van der Waals surface area contributed by atoms with E-state index in [1.54, 1.807) is 4.31 Å². The summed E-state index contributed by atoms with van der Waals surface area (Å²) in [5.41, 5.74) is 0. The first-order valence-corrected chi connectivity index (χ1v) is 7.49. The van der Waals surface area contributed by atoms with E-state index in [1.165, 1.54) is 0 Å². The van der Waals surface area contributed by atoms with Crippen LogP contribution in [0.15, 0.2) is 12.2 Å².